The summed E-state index contributed by atoms with van der Waals surface area (Å²) < 4.78 is 11.6. The molecule has 24 heavy (non-hydrogen) atoms. The number of hydrogen-bond acceptors (Lipinski definition) is 4. The summed E-state index contributed by atoms with van der Waals surface area (Å²) in [5.74, 6) is 3.02. The molecule has 0 aromatic heterocycles. The van der Waals surface area contributed by atoms with Crippen LogP contribution in [0.2, 0.25) is 0 Å². The summed E-state index contributed by atoms with van der Waals surface area (Å²) in [5.41, 5.74) is 1.50. The van der Waals surface area contributed by atoms with E-state index in [1.54, 1.807) is 42.5 Å². The number of phenols is 2. The third-order valence-corrected chi connectivity index (χ3v) is 3.61. The lowest BCUT2D eigenvalue weighted by Crippen LogP contribution is -1.88. The first-order valence-electron chi connectivity index (χ1n) is 7.56. The van der Waals surface area contributed by atoms with Gasteiger partial charge in [0.25, 0.3) is 0 Å². The molecule has 3 rings (SSSR count). The lowest BCUT2D eigenvalue weighted by Gasteiger charge is -2.10. The second-order valence-corrected chi connectivity index (χ2v) is 5.58. The van der Waals surface area contributed by atoms with Gasteiger partial charge in [-0.1, -0.05) is 6.07 Å². The smallest absolute Gasteiger partial charge is 0.131 e. The van der Waals surface area contributed by atoms with Crippen LogP contribution in [0.15, 0.2) is 60.7 Å². The van der Waals surface area contributed by atoms with Gasteiger partial charge in [0.05, 0.1) is 0 Å². The highest BCUT2D eigenvalue weighted by Crippen LogP contribution is 2.31. The Bertz CT molecular complexity index is 803. The van der Waals surface area contributed by atoms with Crippen molar-refractivity contribution in [2.24, 2.45) is 0 Å². The van der Waals surface area contributed by atoms with Crippen LogP contribution < -0.4 is 9.47 Å². The molecule has 0 fully saturated rings. The zero-order chi connectivity index (χ0) is 17.1. The summed E-state index contributed by atoms with van der Waals surface area (Å²) in [6.07, 6.45) is 0. The van der Waals surface area contributed by atoms with Crippen molar-refractivity contribution in [2.75, 3.05) is 0 Å². The van der Waals surface area contributed by atoms with Crippen LogP contribution in [0.1, 0.15) is 11.1 Å². The second kappa shape index (κ2) is 6.54. The quantitative estimate of drug-likeness (QED) is 0.684. The first-order chi connectivity index (χ1) is 11.5. The summed E-state index contributed by atoms with van der Waals surface area (Å²) in [4.78, 5) is 0. The Morgan fingerprint density at radius 2 is 1.00 bits per heavy atom. The number of benzene rings is 3. The Hall–Kier alpha value is -3.14. The van der Waals surface area contributed by atoms with E-state index in [-0.39, 0.29) is 11.5 Å². The SMILES string of the molecule is Cc1cc(Oc2cccc(Oc3ccc(O)c(C)c3)c2)ccc1O. The first-order valence-corrected chi connectivity index (χ1v) is 7.56. The van der Waals surface area contributed by atoms with Gasteiger partial charge in [-0.15, -0.1) is 0 Å². The van der Waals surface area contributed by atoms with Crippen molar-refractivity contribution in [3.8, 4) is 34.5 Å². The van der Waals surface area contributed by atoms with Crippen LogP contribution in [-0.2, 0) is 0 Å². The number of hydrogen-bond donors (Lipinski definition) is 2. The first kappa shape index (κ1) is 15.7. The van der Waals surface area contributed by atoms with Gasteiger partial charge < -0.3 is 19.7 Å². The van der Waals surface area contributed by atoms with Crippen molar-refractivity contribution in [3.05, 3.63) is 71.8 Å². The van der Waals surface area contributed by atoms with Crippen LogP contribution in [-0.4, -0.2) is 10.2 Å². The van der Waals surface area contributed by atoms with Gasteiger partial charge in [0.15, 0.2) is 0 Å². The summed E-state index contributed by atoms with van der Waals surface area (Å²) in [6.45, 7) is 3.63. The maximum atomic E-state index is 9.57. The number of ether oxygens (including phenoxy) is 2. The molecule has 3 aromatic carbocycles. The van der Waals surface area contributed by atoms with E-state index in [9.17, 15) is 10.2 Å². The number of aryl methyl sites for hydroxylation is 2. The molecule has 122 valence electrons. The topological polar surface area (TPSA) is 58.9 Å². The van der Waals surface area contributed by atoms with Gasteiger partial charge in [-0.05, 0) is 73.5 Å². The standard InChI is InChI=1S/C20H18O4/c1-13-10-17(6-8-19(13)21)23-15-4-3-5-16(12-15)24-18-7-9-20(22)14(2)11-18/h3-12,21-22H,1-2H3. The van der Waals surface area contributed by atoms with Gasteiger partial charge in [0.1, 0.15) is 34.5 Å². The molecule has 0 heterocycles. The van der Waals surface area contributed by atoms with Crippen molar-refractivity contribution in [3.63, 3.8) is 0 Å². The molecule has 0 spiro atoms. The molecule has 0 aliphatic rings. The van der Waals surface area contributed by atoms with E-state index in [0.29, 0.717) is 23.0 Å². The monoisotopic (exact) mass is 322 g/mol. The summed E-state index contributed by atoms with van der Waals surface area (Å²) in [5, 5.41) is 19.1. The van der Waals surface area contributed by atoms with Gasteiger partial charge in [0.2, 0.25) is 0 Å². The van der Waals surface area contributed by atoms with E-state index >= 15 is 0 Å². The van der Waals surface area contributed by atoms with E-state index in [2.05, 4.69) is 0 Å². The molecule has 3 aromatic rings. The molecule has 0 unspecified atom stereocenters. The van der Waals surface area contributed by atoms with Gasteiger partial charge in [-0.25, -0.2) is 0 Å². The van der Waals surface area contributed by atoms with Crippen LogP contribution in [0.4, 0.5) is 0 Å². The Balaban J connectivity index is 1.78. The van der Waals surface area contributed by atoms with E-state index in [4.69, 9.17) is 9.47 Å². The zero-order valence-corrected chi connectivity index (χ0v) is 13.5. The normalized spacial score (nSPS) is 10.4. The number of aromatic hydroxyl groups is 2. The lowest BCUT2D eigenvalue weighted by atomic mass is 10.2. The van der Waals surface area contributed by atoms with Crippen molar-refractivity contribution in [1.82, 2.24) is 0 Å². The Labute approximate surface area is 140 Å². The molecule has 0 aliphatic carbocycles. The summed E-state index contributed by atoms with van der Waals surface area (Å²) in [7, 11) is 0. The minimum atomic E-state index is 0.238. The zero-order valence-electron chi connectivity index (χ0n) is 13.5. The fourth-order valence-electron chi connectivity index (χ4n) is 2.26. The molecule has 0 atom stereocenters. The van der Waals surface area contributed by atoms with Crippen LogP contribution in [0.25, 0.3) is 0 Å². The molecule has 0 radical (unpaired) electrons. The predicted octanol–water partition coefficient (Wildman–Crippen LogP) is 5.30. The Kier molecular flexibility index (Phi) is 4.29. The molecule has 2 N–H and O–H groups in total. The van der Waals surface area contributed by atoms with E-state index in [0.717, 1.165) is 11.1 Å². The highest BCUT2D eigenvalue weighted by Gasteiger charge is 2.05. The van der Waals surface area contributed by atoms with Crippen molar-refractivity contribution in [1.29, 1.82) is 0 Å². The average Bonchev–Trinajstić information content (AvgIpc) is 2.55. The third kappa shape index (κ3) is 3.60. The molecular formula is C20H18O4. The number of phenolic OH excluding ortho intramolecular Hbond substituents is 2. The number of rotatable bonds is 4. The van der Waals surface area contributed by atoms with Crippen LogP contribution in [0.5, 0.6) is 34.5 Å². The van der Waals surface area contributed by atoms with Crippen molar-refractivity contribution in [2.45, 2.75) is 13.8 Å². The molecule has 0 bridgehead atoms. The lowest BCUT2D eigenvalue weighted by molar-refractivity contribution is 0.449. The van der Waals surface area contributed by atoms with Gasteiger partial charge >= 0.3 is 0 Å². The van der Waals surface area contributed by atoms with E-state index < -0.39 is 0 Å². The average molecular weight is 322 g/mol. The van der Waals surface area contributed by atoms with E-state index in [1.807, 2.05) is 32.0 Å². The van der Waals surface area contributed by atoms with Crippen molar-refractivity contribution < 1.29 is 19.7 Å². The predicted molar refractivity (Wildman–Crippen MR) is 92.3 cm³/mol. The fourth-order valence-corrected chi connectivity index (χ4v) is 2.26. The fraction of sp³-hybridized carbons (Fsp3) is 0.100. The van der Waals surface area contributed by atoms with Gasteiger partial charge in [-0.2, -0.15) is 0 Å². The van der Waals surface area contributed by atoms with Gasteiger partial charge in [0, 0.05) is 6.07 Å². The molecule has 0 amide bonds. The maximum Gasteiger partial charge on any atom is 0.131 e. The van der Waals surface area contributed by atoms with E-state index in [1.165, 1.54) is 0 Å². The second-order valence-electron chi connectivity index (χ2n) is 5.58. The Morgan fingerprint density at radius 3 is 1.42 bits per heavy atom. The highest BCUT2D eigenvalue weighted by molar-refractivity contribution is 5.44. The summed E-state index contributed by atoms with van der Waals surface area (Å²) >= 11 is 0. The van der Waals surface area contributed by atoms with Crippen LogP contribution in [0.3, 0.4) is 0 Å². The van der Waals surface area contributed by atoms with Crippen molar-refractivity contribution >= 4 is 0 Å². The molecule has 0 saturated heterocycles. The molecule has 0 saturated carbocycles. The minimum absolute atomic E-state index is 0.238. The van der Waals surface area contributed by atoms with Crippen LogP contribution in [0, 0.1) is 13.8 Å². The maximum absolute atomic E-state index is 9.57. The molecule has 0 aliphatic heterocycles. The molecular weight excluding hydrogens is 304 g/mol. The highest BCUT2D eigenvalue weighted by atomic mass is 16.5. The van der Waals surface area contributed by atoms with Gasteiger partial charge in [-0.3, -0.25) is 0 Å². The van der Waals surface area contributed by atoms with Crippen LogP contribution >= 0.6 is 0 Å². The molecule has 4 heteroatoms. The Morgan fingerprint density at radius 1 is 0.583 bits per heavy atom. The minimum Gasteiger partial charge on any atom is -0.508 e. The largest absolute Gasteiger partial charge is 0.508 e. The third-order valence-electron chi connectivity index (χ3n) is 3.61. The summed E-state index contributed by atoms with van der Waals surface area (Å²) in [6, 6.07) is 17.4. The molecule has 4 nitrogen and oxygen atoms in total.